The van der Waals surface area contributed by atoms with Gasteiger partial charge in [0.2, 0.25) is 0 Å². The molecule has 0 aliphatic heterocycles. The zero-order chi connectivity index (χ0) is 11.5. The van der Waals surface area contributed by atoms with Crippen LogP contribution in [0, 0.1) is 5.82 Å². The molecule has 2 N–H and O–H groups in total. The molecule has 0 fully saturated rings. The van der Waals surface area contributed by atoms with Crippen molar-refractivity contribution in [1.82, 2.24) is 15.0 Å². The van der Waals surface area contributed by atoms with Crippen molar-refractivity contribution in [3.05, 3.63) is 46.5 Å². The Hall–Kier alpha value is -1.46. The summed E-state index contributed by atoms with van der Waals surface area (Å²) in [4.78, 5) is 0. The number of benzene rings is 1. The summed E-state index contributed by atoms with van der Waals surface area (Å²) in [6.07, 6.45) is 1.68. The molecule has 2 aromatic rings. The quantitative estimate of drug-likeness (QED) is 0.886. The molecule has 0 amide bonds. The smallest absolute Gasteiger partial charge is 0.146 e. The molecule has 4 nitrogen and oxygen atoms in total. The van der Waals surface area contributed by atoms with Crippen LogP contribution in [0.15, 0.2) is 24.4 Å². The summed E-state index contributed by atoms with van der Waals surface area (Å²) in [7, 11) is 0. The van der Waals surface area contributed by atoms with Gasteiger partial charge in [0.25, 0.3) is 0 Å². The molecule has 16 heavy (non-hydrogen) atoms. The van der Waals surface area contributed by atoms with Crippen LogP contribution in [0.1, 0.15) is 11.3 Å². The number of aromatic nitrogens is 3. The van der Waals surface area contributed by atoms with E-state index in [1.807, 2.05) is 0 Å². The van der Waals surface area contributed by atoms with E-state index in [-0.39, 0.29) is 5.02 Å². The van der Waals surface area contributed by atoms with E-state index in [4.69, 9.17) is 17.3 Å². The lowest BCUT2D eigenvalue weighted by molar-refractivity contribution is 0.577. The molecular weight excluding hydrogens is 231 g/mol. The fraction of sp³-hybridized carbons (Fsp3) is 0.200. The number of hydrogen-bond donors (Lipinski definition) is 1. The molecule has 1 aromatic heterocycles. The van der Waals surface area contributed by atoms with Crippen molar-refractivity contribution < 1.29 is 4.39 Å². The van der Waals surface area contributed by atoms with Gasteiger partial charge in [-0.3, -0.25) is 0 Å². The van der Waals surface area contributed by atoms with Crippen LogP contribution in [0.5, 0.6) is 0 Å². The van der Waals surface area contributed by atoms with Crippen molar-refractivity contribution in [3.63, 3.8) is 0 Å². The van der Waals surface area contributed by atoms with Crippen molar-refractivity contribution in [1.29, 1.82) is 0 Å². The summed E-state index contributed by atoms with van der Waals surface area (Å²) in [6.45, 7) is 0.609. The fourth-order valence-electron chi connectivity index (χ4n) is 1.35. The number of rotatable bonds is 3. The van der Waals surface area contributed by atoms with Gasteiger partial charge in [0.1, 0.15) is 5.82 Å². The minimum atomic E-state index is -0.422. The van der Waals surface area contributed by atoms with Crippen LogP contribution in [-0.4, -0.2) is 15.0 Å². The minimum Gasteiger partial charge on any atom is -0.325 e. The van der Waals surface area contributed by atoms with Gasteiger partial charge in [-0.15, -0.1) is 5.10 Å². The van der Waals surface area contributed by atoms with E-state index in [0.29, 0.717) is 24.3 Å². The summed E-state index contributed by atoms with van der Waals surface area (Å²) in [6, 6.07) is 4.86. The Morgan fingerprint density at radius 3 is 2.94 bits per heavy atom. The zero-order valence-corrected chi connectivity index (χ0v) is 9.15. The van der Waals surface area contributed by atoms with Gasteiger partial charge in [0.15, 0.2) is 0 Å². The van der Waals surface area contributed by atoms with E-state index in [1.165, 1.54) is 10.7 Å². The maximum absolute atomic E-state index is 13.6. The molecule has 1 aromatic carbocycles. The van der Waals surface area contributed by atoms with Gasteiger partial charge in [0, 0.05) is 12.1 Å². The third kappa shape index (κ3) is 2.20. The van der Waals surface area contributed by atoms with E-state index in [2.05, 4.69) is 10.3 Å². The van der Waals surface area contributed by atoms with E-state index in [0.717, 1.165) is 0 Å². The summed E-state index contributed by atoms with van der Waals surface area (Å²) in [5.41, 5.74) is 6.54. The monoisotopic (exact) mass is 240 g/mol. The highest BCUT2D eigenvalue weighted by atomic mass is 35.5. The predicted molar refractivity (Wildman–Crippen MR) is 58.4 cm³/mol. The van der Waals surface area contributed by atoms with Crippen LogP contribution < -0.4 is 5.73 Å². The number of nitrogens with zero attached hydrogens (tertiary/aromatic N) is 3. The average molecular weight is 241 g/mol. The van der Waals surface area contributed by atoms with Gasteiger partial charge in [0.05, 0.1) is 23.5 Å². The Bertz CT molecular complexity index is 497. The van der Waals surface area contributed by atoms with Crippen LogP contribution >= 0.6 is 11.6 Å². The molecule has 84 valence electrons. The summed E-state index contributed by atoms with van der Waals surface area (Å²) in [5.74, 6) is -0.422. The van der Waals surface area contributed by atoms with Crippen molar-refractivity contribution >= 4 is 11.6 Å². The molecular formula is C10H10ClFN4. The first-order valence-electron chi connectivity index (χ1n) is 4.72. The molecule has 0 unspecified atom stereocenters. The van der Waals surface area contributed by atoms with Gasteiger partial charge >= 0.3 is 0 Å². The van der Waals surface area contributed by atoms with Gasteiger partial charge in [-0.25, -0.2) is 9.07 Å². The third-order valence-electron chi connectivity index (χ3n) is 2.16. The Morgan fingerprint density at radius 1 is 1.44 bits per heavy atom. The van der Waals surface area contributed by atoms with Crippen LogP contribution in [0.2, 0.25) is 5.02 Å². The van der Waals surface area contributed by atoms with Gasteiger partial charge in [-0.1, -0.05) is 28.9 Å². The Balaban J connectivity index is 2.23. The van der Waals surface area contributed by atoms with Gasteiger partial charge in [-0.05, 0) is 6.07 Å². The summed E-state index contributed by atoms with van der Waals surface area (Å²) >= 11 is 5.67. The van der Waals surface area contributed by atoms with Crippen molar-refractivity contribution in [3.8, 4) is 0 Å². The van der Waals surface area contributed by atoms with Crippen molar-refractivity contribution in [2.75, 3.05) is 0 Å². The number of hydrogen-bond acceptors (Lipinski definition) is 3. The highest BCUT2D eigenvalue weighted by Gasteiger charge is 2.07. The summed E-state index contributed by atoms with van der Waals surface area (Å²) < 4.78 is 15.1. The zero-order valence-electron chi connectivity index (χ0n) is 8.40. The first-order valence-corrected chi connectivity index (χ1v) is 5.10. The van der Waals surface area contributed by atoms with E-state index < -0.39 is 5.82 Å². The minimum absolute atomic E-state index is 0.108. The molecule has 0 saturated carbocycles. The highest BCUT2D eigenvalue weighted by molar-refractivity contribution is 6.30. The van der Waals surface area contributed by atoms with Crippen molar-refractivity contribution in [2.24, 2.45) is 5.73 Å². The lowest BCUT2D eigenvalue weighted by atomic mass is 10.2. The molecule has 0 aliphatic rings. The molecule has 0 saturated heterocycles. The molecule has 0 atom stereocenters. The van der Waals surface area contributed by atoms with Crippen LogP contribution in [0.25, 0.3) is 0 Å². The average Bonchev–Trinajstić information content (AvgIpc) is 2.73. The Morgan fingerprint density at radius 2 is 2.25 bits per heavy atom. The molecule has 2 rings (SSSR count). The maximum Gasteiger partial charge on any atom is 0.146 e. The molecule has 0 spiro atoms. The van der Waals surface area contributed by atoms with E-state index in [9.17, 15) is 4.39 Å². The molecule has 6 heteroatoms. The largest absolute Gasteiger partial charge is 0.325 e. The predicted octanol–water partition coefficient (Wildman–Crippen LogP) is 1.58. The Kier molecular flexibility index (Phi) is 3.17. The van der Waals surface area contributed by atoms with Crippen LogP contribution in [-0.2, 0) is 13.1 Å². The molecule has 0 bridgehead atoms. The molecule has 0 aliphatic carbocycles. The second-order valence-corrected chi connectivity index (χ2v) is 3.73. The second-order valence-electron chi connectivity index (χ2n) is 3.32. The lowest BCUT2D eigenvalue weighted by Crippen LogP contribution is -2.03. The normalized spacial score (nSPS) is 10.7. The summed E-state index contributed by atoms with van der Waals surface area (Å²) in [5, 5.41) is 7.75. The molecule has 0 radical (unpaired) electrons. The Labute approximate surface area is 96.8 Å². The van der Waals surface area contributed by atoms with E-state index >= 15 is 0 Å². The van der Waals surface area contributed by atoms with E-state index in [1.54, 1.807) is 18.3 Å². The number of nitrogens with two attached hydrogens (primary N) is 1. The fourth-order valence-corrected chi connectivity index (χ4v) is 1.55. The van der Waals surface area contributed by atoms with Crippen LogP contribution in [0.4, 0.5) is 4.39 Å². The maximum atomic E-state index is 13.6. The SMILES string of the molecule is NCc1cn(Cc2cccc(Cl)c2F)nn1. The molecule has 1 heterocycles. The third-order valence-corrected chi connectivity index (χ3v) is 2.45. The van der Waals surface area contributed by atoms with Crippen molar-refractivity contribution in [2.45, 2.75) is 13.1 Å². The first kappa shape index (κ1) is 11.0. The van der Waals surface area contributed by atoms with Crippen LogP contribution in [0.3, 0.4) is 0 Å². The number of halogens is 2. The first-order chi connectivity index (χ1) is 7.70. The standard InChI is InChI=1S/C10H10ClFN4/c11-9-3-1-2-7(10(9)12)5-16-6-8(4-13)14-15-16/h1-3,6H,4-5,13H2. The van der Waals surface area contributed by atoms with Gasteiger partial charge < -0.3 is 5.73 Å². The topological polar surface area (TPSA) is 56.7 Å². The highest BCUT2D eigenvalue weighted by Crippen LogP contribution is 2.18. The lowest BCUT2D eigenvalue weighted by Gasteiger charge is -2.03. The van der Waals surface area contributed by atoms with Gasteiger partial charge in [-0.2, -0.15) is 0 Å². The second kappa shape index (κ2) is 4.59.